The van der Waals surface area contributed by atoms with Crippen molar-refractivity contribution in [1.29, 1.82) is 0 Å². The van der Waals surface area contributed by atoms with Crippen LogP contribution in [0, 0.1) is 0 Å². The topological polar surface area (TPSA) is 124 Å². The van der Waals surface area contributed by atoms with Crippen molar-refractivity contribution in [3.05, 3.63) is 0 Å². The molecular formula is C6H4N6O2. The minimum atomic E-state index is -0.157. The van der Waals surface area contributed by atoms with Crippen molar-refractivity contribution in [3.8, 4) is 11.5 Å². The molecule has 0 radical (unpaired) electrons. The molecule has 70 valence electrons. The normalized spacial score (nSPS) is 11.4. The van der Waals surface area contributed by atoms with E-state index < -0.39 is 0 Å². The molecule has 0 saturated carbocycles. The Morgan fingerprint density at radius 2 is 1.64 bits per heavy atom. The van der Waals surface area contributed by atoms with E-state index in [9.17, 15) is 10.2 Å². The molecule has 8 heteroatoms. The third-order valence-electron chi connectivity index (χ3n) is 2.01. The maximum Gasteiger partial charge on any atom is 0.175 e. The van der Waals surface area contributed by atoms with E-state index in [1.54, 1.807) is 0 Å². The summed E-state index contributed by atoms with van der Waals surface area (Å²) in [4.78, 5) is 0. The summed E-state index contributed by atoms with van der Waals surface area (Å²) in [6.45, 7) is 0. The fourth-order valence-corrected chi connectivity index (χ4v) is 1.35. The number of phenolic OH excluding ortho intramolecular Hbond substituents is 2. The van der Waals surface area contributed by atoms with Crippen molar-refractivity contribution in [2.75, 3.05) is 0 Å². The Bertz CT molecular complexity index is 523. The lowest BCUT2D eigenvalue weighted by Crippen LogP contribution is -1.78. The van der Waals surface area contributed by atoms with Gasteiger partial charge in [-0.3, -0.25) is 5.10 Å². The highest BCUT2D eigenvalue weighted by atomic mass is 16.3. The third-order valence-corrected chi connectivity index (χ3v) is 2.01. The zero-order chi connectivity index (χ0) is 9.71. The number of H-pyrrole nitrogens is 2. The Labute approximate surface area is 75.6 Å². The largest absolute Gasteiger partial charge is 0.504 e. The predicted molar refractivity (Wildman–Crippen MR) is 44.7 cm³/mol. The number of hydrogen-bond acceptors (Lipinski definition) is 6. The van der Waals surface area contributed by atoms with Crippen LogP contribution in [-0.2, 0) is 0 Å². The summed E-state index contributed by atoms with van der Waals surface area (Å²) in [5.41, 5.74) is 0.762. The number of aromatic amines is 2. The fraction of sp³-hybridized carbons (Fsp3) is 0. The number of rotatable bonds is 0. The van der Waals surface area contributed by atoms with Crippen LogP contribution in [0.4, 0.5) is 0 Å². The van der Waals surface area contributed by atoms with Gasteiger partial charge in [-0.15, -0.1) is 10.2 Å². The Balaban J connectivity index is 2.72. The fourth-order valence-electron chi connectivity index (χ4n) is 1.35. The average Bonchev–Trinajstić information content (AvgIpc) is 2.82. The predicted octanol–water partition coefficient (Wildman–Crippen LogP) is -0.360. The van der Waals surface area contributed by atoms with Crippen molar-refractivity contribution < 1.29 is 10.2 Å². The monoisotopic (exact) mass is 192 g/mol. The zero-order valence-electron chi connectivity index (χ0n) is 6.68. The highest BCUT2D eigenvalue weighted by molar-refractivity contribution is 6.03. The summed E-state index contributed by atoms with van der Waals surface area (Å²) in [5, 5.41) is 38.5. The van der Waals surface area contributed by atoms with E-state index in [0.29, 0.717) is 0 Å². The lowest BCUT2D eigenvalue weighted by Gasteiger charge is -1.96. The molecule has 0 aliphatic rings. The zero-order valence-corrected chi connectivity index (χ0v) is 6.68. The van der Waals surface area contributed by atoms with Gasteiger partial charge in [-0.05, 0) is 5.21 Å². The smallest absolute Gasteiger partial charge is 0.175 e. The van der Waals surface area contributed by atoms with Crippen molar-refractivity contribution in [3.63, 3.8) is 0 Å². The molecule has 1 aromatic carbocycles. The van der Waals surface area contributed by atoms with Crippen LogP contribution in [0.25, 0.3) is 22.1 Å². The van der Waals surface area contributed by atoms with Gasteiger partial charge in [0.05, 0.1) is 0 Å². The van der Waals surface area contributed by atoms with Gasteiger partial charge in [-0.2, -0.15) is 5.10 Å². The SMILES string of the molecule is Oc1c2nnnc2c(O)c2[nH][nH]nc12. The molecule has 2 heterocycles. The van der Waals surface area contributed by atoms with E-state index in [4.69, 9.17) is 0 Å². The van der Waals surface area contributed by atoms with Gasteiger partial charge in [0, 0.05) is 0 Å². The quantitative estimate of drug-likeness (QED) is 0.360. The van der Waals surface area contributed by atoms with Crippen LogP contribution < -0.4 is 0 Å². The number of aromatic nitrogens is 6. The second kappa shape index (κ2) is 2.10. The maximum atomic E-state index is 9.67. The standard InChI is InChI=1S/C6H4N6O2/c13-5-1-2(8-11-7-1)6(14)4-3(5)9-12-10-4/h7,11,13-14H. The first kappa shape index (κ1) is 7.06. The maximum absolute atomic E-state index is 9.67. The number of hydrogen-bond donors (Lipinski definition) is 4. The Morgan fingerprint density at radius 3 is 2.43 bits per heavy atom. The molecule has 0 aliphatic carbocycles. The summed E-state index contributed by atoms with van der Waals surface area (Å²) in [7, 11) is 0. The van der Waals surface area contributed by atoms with Crippen molar-refractivity contribution in [2.24, 2.45) is 0 Å². The van der Waals surface area contributed by atoms with E-state index in [-0.39, 0.29) is 33.6 Å². The van der Waals surface area contributed by atoms with Gasteiger partial charge in [0.1, 0.15) is 5.52 Å². The molecule has 0 unspecified atom stereocenters. The van der Waals surface area contributed by atoms with Gasteiger partial charge >= 0.3 is 0 Å². The average molecular weight is 192 g/mol. The third kappa shape index (κ3) is 0.632. The summed E-state index contributed by atoms with van der Waals surface area (Å²) >= 11 is 0. The molecule has 3 aromatic rings. The molecule has 4 N–H and O–H groups in total. The Morgan fingerprint density at radius 1 is 0.929 bits per heavy atom. The molecule has 0 spiro atoms. The minimum Gasteiger partial charge on any atom is -0.504 e. The van der Waals surface area contributed by atoms with Crippen LogP contribution in [0.2, 0.25) is 0 Å². The van der Waals surface area contributed by atoms with Gasteiger partial charge in [0.25, 0.3) is 0 Å². The van der Waals surface area contributed by atoms with E-state index in [2.05, 4.69) is 30.8 Å². The summed E-state index contributed by atoms with van der Waals surface area (Å²) in [5.74, 6) is -0.290. The minimum absolute atomic E-state index is 0.133. The van der Waals surface area contributed by atoms with Crippen LogP contribution in [0.5, 0.6) is 11.5 Å². The van der Waals surface area contributed by atoms with Gasteiger partial charge in [0.15, 0.2) is 28.0 Å². The van der Waals surface area contributed by atoms with Gasteiger partial charge in [-0.1, -0.05) is 0 Å². The second-order valence-electron chi connectivity index (χ2n) is 2.76. The number of aromatic hydroxyl groups is 2. The van der Waals surface area contributed by atoms with E-state index in [1.165, 1.54) is 0 Å². The molecule has 0 aliphatic heterocycles. The first-order valence-corrected chi connectivity index (χ1v) is 3.74. The molecule has 0 bridgehead atoms. The molecule has 2 aromatic heterocycles. The van der Waals surface area contributed by atoms with Crippen molar-refractivity contribution in [2.45, 2.75) is 0 Å². The van der Waals surface area contributed by atoms with Crippen molar-refractivity contribution in [1.82, 2.24) is 30.8 Å². The van der Waals surface area contributed by atoms with Gasteiger partial charge < -0.3 is 10.2 Å². The molecule has 0 amide bonds. The summed E-state index contributed by atoms with van der Waals surface area (Å²) < 4.78 is 0. The highest BCUT2D eigenvalue weighted by Gasteiger charge is 2.18. The highest BCUT2D eigenvalue weighted by Crippen LogP contribution is 2.36. The summed E-state index contributed by atoms with van der Waals surface area (Å²) in [6, 6.07) is 0. The number of phenols is 2. The second-order valence-corrected chi connectivity index (χ2v) is 2.76. The number of benzene rings is 1. The lowest BCUT2D eigenvalue weighted by molar-refractivity contribution is 0.476. The molecule has 3 rings (SSSR count). The molecule has 8 nitrogen and oxygen atoms in total. The molecular weight excluding hydrogens is 188 g/mol. The van der Waals surface area contributed by atoms with E-state index in [0.717, 1.165) is 0 Å². The Hall–Kier alpha value is -2.38. The van der Waals surface area contributed by atoms with Gasteiger partial charge in [-0.25, -0.2) is 5.21 Å². The summed E-state index contributed by atoms with van der Waals surface area (Å²) in [6.07, 6.45) is 0. The molecule has 0 saturated heterocycles. The van der Waals surface area contributed by atoms with Crippen LogP contribution in [0.1, 0.15) is 0 Å². The number of nitrogens with one attached hydrogen (secondary N) is 2. The van der Waals surface area contributed by atoms with Crippen LogP contribution in [-0.4, -0.2) is 41.0 Å². The van der Waals surface area contributed by atoms with Crippen LogP contribution >= 0.6 is 0 Å². The number of nitrogens with zero attached hydrogens (tertiary/aromatic N) is 4. The molecule has 0 atom stereocenters. The van der Waals surface area contributed by atoms with E-state index in [1.807, 2.05) is 0 Å². The molecule has 0 fully saturated rings. The van der Waals surface area contributed by atoms with Crippen molar-refractivity contribution >= 4 is 22.1 Å². The van der Waals surface area contributed by atoms with Gasteiger partial charge in [0.2, 0.25) is 0 Å². The lowest BCUT2D eigenvalue weighted by atomic mass is 10.2. The number of fused-ring (bicyclic) bond motifs is 2. The Kier molecular flexibility index (Phi) is 1.06. The van der Waals surface area contributed by atoms with Crippen LogP contribution in [0.3, 0.4) is 0 Å². The molecule has 14 heavy (non-hydrogen) atoms. The van der Waals surface area contributed by atoms with E-state index >= 15 is 0 Å². The van der Waals surface area contributed by atoms with Crippen LogP contribution in [0.15, 0.2) is 0 Å². The first-order chi connectivity index (χ1) is 6.79. The first-order valence-electron chi connectivity index (χ1n) is 3.74.